The Morgan fingerprint density at radius 1 is 0.720 bits per heavy atom. The molecule has 0 aliphatic carbocycles. The molecular formula is C21H30N2O2. The Balaban J connectivity index is 2.19. The second-order valence-electron chi connectivity index (χ2n) is 6.76. The number of phenols is 2. The van der Waals surface area contributed by atoms with Crippen molar-refractivity contribution in [2.24, 2.45) is 0 Å². The summed E-state index contributed by atoms with van der Waals surface area (Å²) in [5, 5.41) is 20.2. The van der Waals surface area contributed by atoms with E-state index in [2.05, 4.69) is 35.8 Å². The van der Waals surface area contributed by atoms with Gasteiger partial charge in [0.15, 0.2) is 0 Å². The van der Waals surface area contributed by atoms with Crippen LogP contribution in [-0.4, -0.2) is 47.2 Å². The summed E-state index contributed by atoms with van der Waals surface area (Å²) in [5.74, 6) is 0.694. The second kappa shape index (κ2) is 8.88. The molecule has 136 valence electrons. The van der Waals surface area contributed by atoms with Gasteiger partial charge in [-0.3, -0.25) is 0 Å². The van der Waals surface area contributed by atoms with Gasteiger partial charge in [-0.15, -0.1) is 0 Å². The van der Waals surface area contributed by atoms with E-state index in [1.54, 1.807) is 12.1 Å². The maximum atomic E-state index is 10.1. The van der Waals surface area contributed by atoms with Gasteiger partial charge in [0.2, 0.25) is 0 Å². The molecule has 0 unspecified atom stereocenters. The molecule has 4 heteroatoms. The highest BCUT2D eigenvalue weighted by Crippen LogP contribution is 2.24. The van der Waals surface area contributed by atoms with Crippen molar-refractivity contribution in [3.63, 3.8) is 0 Å². The maximum absolute atomic E-state index is 10.1. The molecule has 0 aliphatic rings. The topological polar surface area (TPSA) is 46.9 Å². The summed E-state index contributed by atoms with van der Waals surface area (Å²) in [6.45, 7) is 7.56. The number of rotatable bonds is 8. The van der Waals surface area contributed by atoms with Gasteiger partial charge in [0.25, 0.3) is 0 Å². The van der Waals surface area contributed by atoms with Gasteiger partial charge in [-0.05, 0) is 56.9 Å². The highest BCUT2D eigenvalue weighted by atomic mass is 16.3. The standard InChI is InChI=1S/C21H30N2O2/c1-5-22(3)14-18-12-16(7-9-20(18)24)11-17-8-10-21(25)19(13-17)15-23(4)6-2/h7-10,12-13,24-25H,5-6,11,14-15H2,1-4H3. The molecule has 0 radical (unpaired) electrons. The fraction of sp³-hybridized carbons (Fsp3) is 0.429. The van der Waals surface area contributed by atoms with Crippen LogP contribution in [0.4, 0.5) is 0 Å². The predicted octanol–water partition coefficient (Wildman–Crippen LogP) is 3.59. The van der Waals surface area contributed by atoms with Crippen LogP contribution >= 0.6 is 0 Å². The smallest absolute Gasteiger partial charge is 0.120 e. The first kappa shape index (κ1) is 19.3. The Morgan fingerprint density at radius 2 is 1.12 bits per heavy atom. The molecule has 25 heavy (non-hydrogen) atoms. The summed E-state index contributed by atoms with van der Waals surface area (Å²) >= 11 is 0. The molecule has 2 rings (SSSR count). The Bertz CT molecular complexity index is 641. The van der Waals surface area contributed by atoms with E-state index >= 15 is 0 Å². The predicted molar refractivity (Wildman–Crippen MR) is 103 cm³/mol. The van der Waals surface area contributed by atoms with Gasteiger partial charge in [0, 0.05) is 24.2 Å². The highest BCUT2D eigenvalue weighted by Gasteiger charge is 2.09. The average Bonchev–Trinajstić information content (AvgIpc) is 2.60. The number of aromatic hydroxyl groups is 2. The van der Waals surface area contributed by atoms with E-state index in [-0.39, 0.29) is 0 Å². The molecule has 0 bridgehead atoms. The molecule has 2 aromatic rings. The number of hydrogen-bond donors (Lipinski definition) is 2. The van der Waals surface area contributed by atoms with Crippen LogP contribution in [0.2, 0.25) is 0 Å². The van der Waals surface area contributed by atoms with Gasteiger partial charge in [-0.2, -0.15) is 0 Å². The van der Waals surface area contributed by atoms with E-state index in [1.165, 1.54) is 0 Å². The van der Waals surface area contributed by atoms with Crippen LogP contribution in [-0.2, 0) is 19.5 Å². The van der Waals surface area contributed by atoms with E-state index in [1.807, 2.05) is 26.2 Å². The number of benzene rings is 2. The second-order valence-corrected chi connectivity index (χ2v) is 6.76. The molecule has 0 saturated heterocycles. The van der Waals surface area contributed by atoms with Crippen molar-refractivity contribution in [2.45, 2.75) is 33.4 Å². The lowest BCUT2D eigenvalue weighted by Crippen LogP contribution is -2.17. The number of nitrogens with zero attached hydrogens (tertiary/aromatic N) is 2. The van der Waals surface area contributed by atoms with Gasteiger partial charge in [0.1, 0.15) is 11.5 Å². The minimum absolute atomic E-state index is 0.347. The van der Waals surface area contributed by atoms with E-state index in [0.717, 1.165) is 54.9 Å². The molecule has 2 aromatic carbocycles. The first-order chi connectivity index (χ1) is 11.9. The van der Waals surface area contributed by atoms with Gasteiger partial charge in [-0.1, -0.05) is 38.1 Å². The van der Waals surface area contributed by atoms with Crippen LogP contribution in [0.5, 0.6) is 11.5 Å². The molecule has 0 heterocycles. The largest absolute Gasteiger partial charge is 0.508 e. The monoisotopic (exact) mass is 342 g/mol. The average molecular weight is 342 g/mol. The Labute approximate surface area is 151 Å². The third-order valence-electron chi connectivity index (χ3n) is 4.66. The van der Waals surface area contributed by atoms with E-state index < -0.39 is 0 Å². The minimum atomic E-state index is 0.347. The van der Waals surface area contributed by atoms with Crippen LogP contribution in [0, 0.1) is 0 Å². The lowest BCUT2D eigenvalue weighted by Gasteiger charge is -2.17. The van der Waals surface area contributed by atoms with Crippen molar-refractivity contribution >= 4 is 0 Å². The summed E-state index contributed by atoms with van der Waals surface area (Å²) in [6, 6.07) is 11.6. The summed E-state index contributed by atoms with van der Waals surface area (Å²) in [7, 11) is 4.09. The Hall–Kier alpha value is -2.04. The van der Waals surface area contributed by atoms with Crippen molar-refractivity contribution in [1.82, 2.24) is 9.80 Å². The van der Waals surface area contributed by atoms with Crippen molar-refractivity contribution in [3.05, 3.63) is 58.7 Å². The van der Waals surface area contributed by atoms with E-state index in [4.69, 9.17) is 0 Å². The molecule has 0 atom stereocenters. The molecule has 0 spiro atoms. The van der Waals surface area contributed by atoms with E-state index in [9.17, 15) is 10.2 Å². The molecule has 2 N–H and O–H groups in total. The molecule has 0 saturated carbocycles. The minimum Gasteiger partial charge on any atom is -0.508 e. The van der Waals surface area contributed by atoms with Crippen molar-refractivity contribution < 1.29 is 10.2 Å². The summed E-state index contributed by atoms with van der Waals surface area (Å²) in [4.78, 5) is 4.33. The van der Waals surface area contributed by atoms with Crippen LogP contribution < -0.4 is 0 Å². The van der Waals surface area contributed by atoms with Crippen LogP contribution in [0.25, 0.3) is 0 Å². The molecule has 0 aliphatic heterocycles. The van der Waals surface area contributed by atoms with Gasteiger partial charge in [-0.25, -0.2) is 0 Å². The molecular weight excluding hydrogens is 312 g/mol. The van der Waals surface area contributed by atoms with Gasteiger partial charge < -0.3 is 20.0 Å². The fourth-order valence-electron chi connectivity index (χ4n) is 2.79. The summed E-state index contributed by atoms with van der Waals surface area (Å²) in [6.07, 6.45) is 0.784. The first-order valence-electron chi connectivity index (χ1n) is 8.91. The molecule has 0 fully saturated rings. The lowest BCUT2D eigenvalue weighted by atomic mass is 10.00. The number of hydrogen-bond acceptors (Lipinski definition) is 4. The van der Waals surface area contributed by atoms with Crippen molar-refractivity contribution in [1.29, 1.82) is 0 Å². The van der Waals surface area contributed by atoms with Crippen LogP contribution in [0.3, 0.4) is 0 Å². The Kier molecular flexibility index (Phi) is 6.85. The van der Waals surface area contributed by atoms with Crippen LogP contribution in [0.15, 0.2) is 36.4 Å². The maximum Gasteiger partial charge on any atom is 0.120 e. The molecule has 4 nitrogen and oxygen atoms in total. The van der Waals surface area contributed by atoms with Gasteiger partial charge in [0.05, 0.1) is 0 Å². The SMILES string of the molecule is CCN(C)Cc1cc(Cc2ccc(O)c(CN(C)CC)c2)ccc1O. The quantitative estimate of drug-likeness (QED) is 0.770. The van der Waals surface area contributed by atoms with E-state index in [0.29, 0.717) is 11.5 Å². The lowest BCUT2D eigenvalue weighted by molar-refractivity contribution is 0.337. The molecule has 0 aromatic heterocycles. The molecule has 0 amide bonds. The van der Waals surface area contributed by atoms with Crippen LogP contribution in [0.1, 0.15) is 36.1 Å². The highest BCUT2D eigenvalue weighted by molar-refractivity contribution is 5.41. The zero-order valence-corrected chi connectivity index (χ0v) is 15.8. The zero-order chi connectivity index (χ0) is 18.4. The number of phenolic OH excluding ortho intramolecular Hbond substituents is 2. The first-order valence-corrected chi connectivity index (χ1v) is 8.91. The van der Waals surface area contributed by atoms with Crippen molar-refractivity contribution in [2.75, 3.05) is 27.2 Å². The normalized spacial score (nSPS) is 11.4. The summed E-state index contributed by atoms with van der Waals surface area (Å²) in [5.41, 5.74) is 4.23. The third-order valence-corrected chi connectivity index (χ3v) is 4.66. The third kappa shape index (κ3) is 5.48. The summed E-state index contributed by atoms with van der Waals surface area (Å²) < 4.78 is 0. The van der Waals surface area contributed by atoms with Gasteiger partial charge >= 0.3 is 0 Å². The fourth-order valence-corrected chi connectivity index (χ4v) is 2.79. The Morgan fingerprint density at radius 3 is 1.48 bits per heavy atom. The zero-order valence-electron chi connectivity index (χ0n) is 15.8. The van der Waals surface area contributed by atoms with Crippen molar-refractivity contribution in [3.8, 4) is 11.5 Å².